The second-order valence-corrected chi connectivity index (χ2v) is 5.55. The Morgan fingerprint density at radius 1 is 1.15 bits per heavy atom. The number of nitrogens with zero attached hydrogens (tertiary/aromatic N) is 1. The summed E-state index contributed by atoms with van der Waals surface area (Å²) in [5.41, 5.74) is 1.25. The zero-order valence-electron chi connectivity index (χ0n) is 12.9. The first kappa shape index (κ1) is 15.2. The number of ether oxygens (including phenoxy) is 1. The van der Waals surface area contributed by atoms with Gasteiger partial charge in [-0.05, 0) is 31.0 Å². The SMILES string of the molecule is CCC(CC)COc1ccccc1N1CCCNCC1. The van der Waals surface area contributed by atoms with Crippen molar-refractivity contribution in [3.05, 3.63) is 24.3 Å². The number of para-hydroxylation sites is 2. The van der Waals surface area contributed by atoms with Crippen LogP contribution in [0.5, 0.6) is 5.75 Å². The number of nitrogens with one attached hydrogen (secondary N) is 1. The minimum atomic E-state index is 0.661. The molecule has 1 aliphatic heterocycles. The highest BCUT2D eigenvalue weighted by molar-refractivity contribution is 5.58. The van der Waals surface area contributed by atoms with Gasteiger partial charge in [0.1, 0.15) is 5.75 Å². The lowest BCUT2D eigenvalue weighted by atomic mass is 10.1. The van der Waals surface area contributed by atoms with Gasteiger partial charge in [0, 0.05) is 19.6 Å². The summed E-state index contributed by atoms with van der Waals surface area (Å²) in [6.45, 7) is 9.65. The molecule has 0 atom stereocenters. The summed E-state index contributed by atoms with van der Waals surface area (Å²) in [6.07, 6.45) is 3.57. The molecule has 1 heterocycles. The zero-order valence-corrected chi connectivity index (χ0v) is 12.9. The quantitative estimate of drug-likeness (QED) is 0.863. The summed E-state index contributed by atoms with van der Waals surface area (Å²) in [6, 6.07) is 8.48. The van der Waals surface area contributed by atoms with Crippen LogP contribution in [-0.2, 0) is 0 Å². The number of hydrogen-bond donors (Lipinski definition) is 1. The average Bonchev–Trinajstić information content (AvgIpc) is 2.78. The Morgan fingerprint density at radius 2 is 1.95 bits per heavy atom. The lowest BCUT2D eigenvalue weighted by Crippen LogP contribution is -2.28. The van der Waals surface area contributed by atoms with Crippen molar-refractivity contribution in [1.29, 1.82) is 0 Å². The normalized spacial score (nSPS) is 16.2. The molecule has 1 aliphatic rings. The second-order valence-electron chi connectivity index (χ2n) is 5.55. The third kappa shape index (κ3) is 4.14. The predicted octanol–water partition coefficient (Wildman–Crippen LogP) is 3.30. The van der Waals surface area contributed by atoms with Gasteiger partial charge in [0.25, 0.3) is 0 Å². The second kappa shape index (κ2) is 8.15. The predicted molar refractivity (Wildman–Crippen MR) is 85.7 cm³/mol. The van der Waals surface area contributed by atoms with E-state index >= 15 is 0 Å². The average molecular weight is 276 g/mol. The van der Waals surface area contributed by atoms with E-state index in [4.69, 9.17) is 4.74 Å². The zero-order chi connectivity index (χ0) is 14.2. The Morgan fingerprint density at radius 3 is 2.75 bits per heavy atom. The van der Waals surface area contributed by atoms with Crippen LogP contribution in [0.25, 0.3) is 0 Å². The van der Waals surface area contributed by atoms with Gasteiger partial charge in [-0.25, -0.2) is 0 Å². The Labute approximate surface area is 123 Å². The molecule has 20 heavy (non-hydrogen) atoms. The monoisotopic (exact) mass is 276 g/mol. The summed E-state index contributed by atoms with van der Waals surface area (Å²) in [7, 11) is 0. The van der Waals surface area contributed by atoms with Crippen molar-refractivity contribution in [2.45, 2.75) is 33.1 Å². The van der Waals surface area contributed by atoms with E-state index in [2.05, 4.69) is 48.3 Å². The van der Waals surface area contributed by atoms with E-state index < -0.39 is 0 Å². The van der Waals surface area contributed by atoms with Crippen LogP contribution in [0, 0.1) is 5.92 Å². The summed E-state index contributed by atoms with van der Waals surface area (Å²) >= 11 is 0. The fourth-order valence-corrected chi connectivity index (χ4v) is 2.66. The van der Waals surface area contributed by atoms with E-state index in [9.17, 15) is 0 Å². The molecule has 1 aromatic carbocycles. The topological polar surface area (TPSA) is 24.5 Å². The first-order chi connectivity index (χ1) is 9.85. The maximum atomic E-state index is 6.11. The first-order valence-electron chi connectivity index (χ1n) is 8.02. The highest BCUT2D eigenvalue weighted by atomic mass is 16.5. The van der Waals surface area contributed by atoms with Gasteiger partial charge in [-0.15, -0.1) is 0 Å². The highest BCUT2D eigenvalue weighted by Crippen LogP contribution is 2.29. The van der Waals surface area contributed by atoms with E-state index in [0.717, 1.165) is 38.5 Å². The minimum Gasteiger partial charge on any atom is -0.491 e. The molecule has 0 radical (unpaired) electrons. The van der Waals surface area contributed by atoms with Gasteiger partial charge >= 0.3 is 0 Å². The molecule has 0 saturated carbocycles. The molecule has 0 spiro atoms. The number of anilines is 1. The Hall–Kier alpha value is -1.22. The van der Waals surface area contributed by atoms with Gasteiger partial charge in [0.15, 0.2) is 0 Å². The van der Waals surface area contributed by atoms with Crippen molar-refractivity contribution >= 4 is 5.69 Å². The van der Waals surface area contributed by atoms with Crippen molar-refractivity contribution in [1.82, 2.24) is 5.32 Å². The molecule has 0 unspecified atom stereocenters. The van der Waals surface area contributed by atoms with Crippen LogP contribution >= 0.6 is 0 Å². The Balaban J connectivity index is 2.04. The summed E-state index contributed by atoms with van der Waals surface area (Å²) in [5, 5.41) is 3.45. The Bertz CT molecular complexity index is 382. The summed E-state index contributed by atoms with van der Waals surface area (Å²) < 4.78 is 6.11. The minimum absolute atomic E-state index is 0.661. The van der Waals surface area contributed by atoms with Gasteiger partial charge in [0.2, 0.25) is 0 Å². The Kier molecular flexibility index (Phi) is 6.19. The third-order valence-corrected chi connectivity index (χ3v) is 4.18. The van der Waals surface area contributed by atoms with Gasteiger partial charge in [-0.3, -0.25) is 0 Å². The maximum absolute atomic E-state index is 6.11. The van der Waals surface area contributed by atoms with Crippen molar-refractivity contribution in [3.63, 3.8) is 0 Å². The van der Waals surface area contributed by atoms with Crippen molar-refractivity contribution in [2.24, 2.45) is 5.92 Å². The fourth-order valence-electron chi connectivity index (χ4n) is 2.66. The van der Waals surface area contributed by atoms with Gasteiger partial charge < -0.3 is 15.0 Å². The van der Waals surface area contributed by atoms with Gasteiger partial charge in [0.05, 0.1) is 12.3 Å². The maximum Gasteiger partial charge on any atom is 0.142 e. The van der Waals surface area contributed by atoms with Gasteiger partial charge in [-0.1, -0.05) is 38.8 Å². The van der Waals surface area contributed by atoms with E-state index in [0.29, 0.717) is 5.92 Å². The van der Waals surface area contributed by atoms with Crippen molar-refractivity contribution in [3.8, 4) is 5.75 Å². The van der Waals surface area contributed by atoms with Gasteiger partial charge in [-0.2, -0.15) is 0 Å². The third-order valence-electron chi connectivity index (χ3n) is 4.18. The molecule has 3 nitrogen and oxygen atoms in total. The van der Waals surface area contributed by atoms with Crippen LogP contribution in [0.15, 0.2) is 24.3 Å². The highest BCUT2D eigenvalue weighted by Gasteiger charge is 2.14. The number of benzene rings is 1. The number of rotatable bonds is 6. The van der Waals surface area contributed by atoms with E-state index in [1.165, 1.54) is 24.9 Å². The van der Waals surface area contributed by atoms with Crippen LogP contribution in [0.4, 0.5) is 5.69 Å². The standard InChI is InChI=1S/C17H28N2O/c1-3-15(4-2)14-20-17-9-6-5-8-16(17)19-12-7-10-18-11-13-19/h5-6,8-9,15,18H,3-4,7,10-14H2,1-2H3. The molecule has 3 heteroatoms. The fraction of sp³-hybridized carbons (Fsp3) is 0.647. The van der Waals surface area contributed by atoms with Crippen LogP contribution in [0.2, 0.25) is 0 Å². The molecule has 2 rings (SSSR count). The van der Waals surface area contributed by atoms with E-state index in [1.54, 1.807) is 0 Å². The lowest BCUT2D eigenvalue weighted by Gasteiger charge is -2.25. The van der Waals surface area contributed by atoms with Crippen LogP contribution in [0.3, 0.4) is 0 Å². The molecule has 1 saturated heterocycles. The molecule has 1 aromatic rings. The smallest absolute Gasteiger partial charge is 0.142 e. The number of hydrogen-bond acceptors (Lipinski definition) is 3. The first-order valence-corrected chi connectivity index (χ1v) is 8.02. The molecule has 0 aliphatic carbocycles. The molecule has 0 amide bonds. The van der Waals surface area contributed by atoms with Crippen LogP contribution < -0.4 is 15.0 Å². The largest absolute Gasteiger partial charge is 0.491 e. The molecule has 1 N–H and O–H groups in total. The molecule has 0 bridgehead atoms. The van der Waals surface area contributed by atoms with Crippen molar-refractivity contribution < 1.29 is 4.74 Å². The van der Waals surface area contributed by atoms with E-state index in [1.807, 2.05) is 0 Å². The molecule has 112 valence electrons. The summed E-state index contributed by atoms with van der Waals surface area (Å²) in [4.78, 5) is 2.45. The van der Waals surface area contributed by atoms with Crippen LogP contribution in [0.1, 0.15) is 33.1 Å². The van der Waals surface area contributed by atoms with E-state index in [-0.39, 0.29) is 0 Å². The summed E-state index contributed by atoms with van der Waals surface area (Å²) in [5.74, 6) is 1.70. The molecular weight excluding hydrogens is 248 g/mol. The van der Waals surface area contributed by atoms with Crippen LogP contribution in [-0.4, -0.2) is 32.8 Å². The van der Waals surface area contributed by atoms with Crippen molar-refractivity contribution in [2.75, 3.05) is 37.7 Å². The lowest BCUT2D eigenvalue weighted by molar-refractivity contribution is 0.241. The molecule has 1 fully saturated rings. The molecular formula is C17H28N2O. The molecule has 0 aromatic heterocycles.